The number of carbonyl (C=O) groups excluding carboxylic acids is 1. The lowest BCUT2D eigenvalue weighted by Crippen LogP contribution is -2.38. The first kappa shape index (κ1) is 13.2. The van der Waals surface area contributed by atoms with Crippen LogP contribution in [0.2, 0.25) is 0 Å². The second-order valence-electron chi connectivity index (χ2n) is 3.93. The van der Waals surface area contributed by atoms with Gasteiger partial charge in [0.2, 0.25) is 5.91 Å². The number of carboxylic acids is 1. The topological polar surface area (TPSA) is 99.4 Å². The van der Waals surface area contributed by atoms with E-state index in [9.17, 15) is 9.59 Å². The monoisotopic (exact) mass is 239 g/mol. The van der Waals surface area contributed by atoms with E-state index in [0.29, 0.717) is 6.54 Å². The maximum atomic E-state index is 11.6. The molecular formula is C11H17N3O3. The van der Waals surface area contributed by atoms with Gasteiger partial charge >= 0.3 is 5.97 Å². The number of H-pyrrole nitrogens is 1. The zero-order valence-corrected chi connectivity index (χ0v) is 9.72. The number of nitrogens with one attached hydrogen (secondary N) is 1. The van der Waals surface area contributed by atoms with Crippen LogP contribution in [0.15, 0.2) is 18.5 Å². The third-order valence-electron chi connectivity index (χ3n) is 2.54. The van der Waals surface area contributed by atoms with Gasteiger partial charge in [-0.15, -0.1) is 0 Å². The molecule has 0 aliphatic heterocycles. The Hall–Kier alpha value is -1.82. The molecule has 1 atom stereocenters. The number of hydrogen-bond acceptors (Lipinski definition) is 3. The lowest BCUT2D eigenvalue weighted by molar-refractivity contribution is -0.142. The third kappa shape index (κ3) is 4.28. The molecule has 1 heterocycles. The van der Waals surface area contributed by atoms with Gasteiger partial charge in [0.25, 0.3) is 0 Å². The van der Waals surface area contributed by atoms with E-state index < -0.39 is 12.0 Å². The normalized spacial score (nSPS) is 12.1. The predicted molar refractivity (Wildman–Crippen MR) is 62.4 cm³/mol. The van der Waals surface area contributed by atoms with E-state index in [1.165, 1.54) is 4.90 Å². The van der Waals surface area contributed by atoms with Crippen molar-refractivity contribution in [2.24, 2.45) is 5.73 Å². The summed E-state index contributed by atoms with van der Waals surface area (Å²) in [6, 6.07) is 0.804. The van der Waals surface area contributed by atoms with Gasteiger partial charge in [-0.2, -0.15) is 0 Å². The van der Waals surface area contributed by atoms with Gasteiger partial charge in [0, 0.05) is 26.0 Å². The fourth-order valence-corrected chi connectivity index (χ4v) is 1.37. The van der Waals surface area contributed by atoms with Crippen LogP contribution >= 0.6 is 0 Å². The number of aromatic amines is 1. The molecule has 17 heavy (non-hydrogen) atoms. The Morgan fingerprint density at radius 1 is 1.59 bits per heavy atom. The third-order valence-corrected chi connectivity index (χ3v) is 2.54. The van der Waals surface area contributed by atoms with Gasteiger partial charge in [-0.1, -0.05) is 0 Å². The Labute approximate surface area is 99.4 Å². The molecule has 6 heteroatoms. The summed E-state index contributed by atoms with van der Waals surface area (Å²) in [7, 11) is 1.64. The number of aromatic nitrogens is 1. The fourth-order valence-electron chi connectivity index (χ4n) is 1.37. The van der Waals surface area contributed by atoms with E-state index in [-0.39, 0.29) is 12.3 Å². The number of nitrogens with zero attached hydrogens (tertiary/aromatic N) is 1. The van der Waals surface area contributed by atoms with Crippen molar-refractivity contribution in [2.45, 2.75) is 18.9 Å². The molecule has 0 saturated heterocycles. The second kappa shape index (κ2) is 6.05. The van der Waals surface area contributed by atoms with Crippen LogP contribution in [-0.4, -0.2) is 46.5 Å². The first-order valence-corrected chi connectivity index (χ1v) is 5.34. The molecule has 1 aromatic rings. The van der Waals surface area contributed by atoms with Crippen LogP contribution in [-0.2, 0) is 16.0 Å². The minimum atomic E-state index is -1.16. The Morgan fingerprint density at radius 3 is 2.82 bits per heavy atom. The number of hydrogen-bond donors (Lipinski definition) is 3. The van der Waals surface area contributed by atoms with Crippen LogP contribution in [0.1, 0.15) is 12.0 Å². The summed E-state index contributed by atoms with van der Waals surface area (Å²) in [6.07, 6.45) is 4.24. The van der Waals surface area contributed by atoms with E-state index in [2.05, 4.69) is 4.98 Å². The summed E-state index contributed by atoms with van der Waals surface area (Å²) in [5, 5.41) is 8.59. The molecule has 6 nitrogen and oxygen atoms in total. The van der Waals surface area contributed by atoms with Crippen molar-refractivity contribution < 1.29 is 14.7 Å². The highest BCUT2D eigenvalue weighted by Gasteiger charge is 2.18. The highest BCUT2D eigenvalue weighted by molar-refractivity contribution is 5.84. The Morgan fingerprint density at radius 2 is 2.29 bits per heavy atom. The average Bonchev–Trinajstić information content (AvgIpc) is 2.78. The molecule has 1 aromatic heterocycles. The maximum absolute atomic E-state index is 11.6. The SMILES string of the molecule is CN(CCc1cc[nH]c1)C(=O)CC(N)C(=O)O. The largest absolute Gasteiger partial charge is 0.480 e. The minimum Gasteiger partial charge on any atom is -0.480 e. The molecule has 0 saturated carbocycles. The van der Waals surface area contributed by atoms with E-state index >= 15 is 0 Å². The maximum Gasteiger partial charge on any atom is 0.321 e. The zero-order valence-electron chi connectivity index (χ0n) is 9.72. The van der Waals surface area contributed by atoms with Gasteiger partial charge in [-0.3, -0.25) is 9.59 Å². The van der Waals surface area contributed by atoms with E-state index in [4.69, 9.17) is 10.8 Å². The number of carboxylic acid groups (broad SMARTS) is 1. The van der Waals surface area contributed by atoms with Gasteiger partial charge < -0.3 is 20.7 Å². The van der Waals surface area contributed by atoms with E-state index in [0.717, 1.165) is 12.0 Å². The smallest absolute Gasteiger partial charge is 0.321 e. The quantitative estimate of drug-likeness (QED) is 0.641. The number of carbonyl (C=O) groups is 2. The minimum absolute atomic E-state index is 0.168. The van der Waals surface area contributed by atoms with Gasteiger partial charge in [0.1, 0.15) is 6.04 Å². The number of rotatable bonds is 6. The lowest BCUT2D eigenvalue weighted by Gasteiger charge is -2.17. The van der Waals surface area contributed by atoms with Gasteiger partial charge in [0.05, 0.1) is 6.42 Å². The van der Waals surface area contributed by atoms with Crippen molar-refractivity contribution in [1.82, 2.24) is 9.88 Å². The summed E-state index contributed by atoms with van der Waals surface area (Å²) in [5.74, 6) is -1.41. The van der Waals surface area contributed by atoms with Gasteiger partial charge in [0.15, 0.2) is 0 Å². The standard InChI is InChI=1S/C11H17N3O3/c1-14(5-3-8-2-4-13-7-8)10(15)6-9(12)11(16)17/h2,4,7,9,13H,3,5-6,12H2,1H3,(H,16,17). The molecule has 94 valence electrons. The van der Waals surface area contributed by atoms with Crippen LogP contribution in [0.25, 0.3) is 0 Å². The number of nitrogens with two attached hydrogens (primary N) is 1. The van der Waals surface area contributed by atoms with Crippen molar-refractivity contribution in [3.8, 4) is 0 Å². The van der Waals surface area contributed by atoms with Crippen LogP contribution in [0.4, 0.5) is 0 Å². The second-order valence-corrected chi connectivity index (χ2v) is 3.93. The number of amides is 1. The van der Waals surface area contributed by atoms with Crippen LogP contribution < -0.4 is 5.73 Å². The highest BCUT2D eigenvalue weighted by atomic mass is 16.4. The summed E-state index contributed by atoms with van der Waals surface area (Å²) in [6.45, 7) is 0.545. The summed E-state index contributed by atoms with van der Waals surface area (Å²) in [5.41, 5.74) is 6.40. The molecule has 0 aromatic carbocycles. The van der Waals surface area contributed by atoms with E-state index in [1.807, 2.05) is 18.5 Å². The number of likely N-dealkylation sites (N-methyl/N-ethyl adjacent to an activating group) is 1. The molecule has 0 bridgehead atoms. The molecule has 1 unspecified atom stereocenters. The van der Waals surface area contributed by atoms with Gasteiger partial charge in [-0.25, -0.2) is 0 Å². The summed E-state index contributed by atoms with van der Waals surface area (Å²) in [4.78, 5) is 26.5. The summed E-state index contributed by atoms with van der Waals surface area (Å²) < 4.78 is 0. The Balaban J connectivity index is 2.34. The first-order chi connectivity index (χ1) is 8.00. The summed E-state index contributed by atoms with van der Waals surface area (Å²) >= 11 is 0. The average molecular weight is 239 g/mol. The fraction of sp³-hybridized carbons (Fsp3) is 0.455. The van der Waals surface area contributed by atoms with Crippen molar-refractivity contribution in [3.05, 3.63) is 24.0 Å². The molecule has 0 fully saturated rings. The first-order valence-electron chi connectivity index (χ1n) is 5.34. The highest BCUT2D eigenvalue weighted by Crippen LogP contribution is 2.01. The Kier molecular flexibility index (Phi) is 4.71. The van der Waals surface area contributed by atoms with Crippen molar-refractivity contribution in [3.63, 3.8) is 0 Å². The van der Waals surface area contributed by atoms with Crippen LogP contribution in [0.3, 0.4) is 0 Å². The van der Waals surface area contributed by atoms with E-state index in [1.54, 1.807) is 7.05 Å². The molecule has 0 aliphatic rings. The molecule has 0 radical (unpaired) electrons. The van der Waals surface area contributed by atoms with Crippen LogP contribution in [0, 0.1) is 0 Å². The Bertz CT molecular complexity index is 375. The van der Waals surface area contributed by atoms with Crippen molar-refractivity contribution in [1.29, 1.82) is 0 Å². The molecule has 4 N–H and O–H groups in total. The molecule has 0 aliphatic carbocycles. The molecule has 0 spiro atoms. The van der Waals surface area contributed by atoms with Crippen molar-refractivity contribution >= 4 is 11.9 Å². The zero-order chi connectivity index (χ0) is 12.8. The number of aliphatic carboxylic acids is 1. The van der Waals surface area contributed by atoms with Crippen molar-refractivity contribution in [2.75, 3.05) is 13.6 Å². The van der Waals surface area contributed by atoms with Crippen LogP contribution in [0.5, 0.6) is 0 Å². The molecule has 1 rings (SSSR count). The molecular weight excluding hydrogens is 222 g/mol. The lowest BCUT2D eigenvalue weighted by atomic mass is 10.2. The van der Waals surface area contributed by atoms with Gasteiger partial charge in [-0.05, 0) is 18.1 Å². The predicted octanol–water partition coefficient (Wildman–Crippen LogP) is -0.182. The molecule has 1 amide bonds.